The van der Waals surface area contributed by atoms with Gasteiger partial charge in [-0.05, 0) is 139 Å². The Morgan fingerprint density at radius 3 is 1.18 bits per heavy atom. The largest absolute Gasteiger partial charge is 0.311 e. The second kappa shape index (κ2) is 14.0. The van der Waals surface area contributed by atoms with Gasteiger partial charge in [-0.25, -0.2) is 0 Å². The van der Waals surface area contributed by atoms with Gasteiger partial charge in [0.15, 0.2) is 0 Å². The molecule has 12 rings (SSSR count). The molecule has 3 heterocycles. The van der Waals surface area contributed by atoms with Gasteiger partial charge in [0.2, 0.25) is 0 Å². The van der Waals surface area contributed by atoms with E-state index in [0.29, 0.717) is 0 Å². The number of aromatic nitrogens is 1. The summed E-state index contributed by atoms with van der Waals surface area (Å²) >= 11 is 0. The van der Waals surface area contributed by atoms with Gasteiger partial charge in [0.25, 0.3) is 6.71 Å². The maximum atomic E-state index is 2.52. The SMILES string of the molecule is Cc1ccc(N2c3ccc(C)cc3B3c4cc(C)ccc4N(c4ccc(C)cc4)c4cc(-n5c6ccc(-c7ccccc7)cc6c6cc(-c7ccccc7)ccc65)cc2c43)cc1. The Balaban J connectivity index is 1.20. The quantitative estimate of drug-likeness (QED) is 0.161. The van der Waals surface area contributed by atoms with E-state index in [1.807, 2.05) is 0 Å². The fourth-order valence-electron chi connectivity index (χ4n) is 10.2. The van der Waals surface area contributed by atoms with E-state index < -0.39 is 0 Å². The van der Waals surface area contributed by atoms with Crippen molar-refractivity contribution in [2.24, 2.45) is 0 Å². The van der Waals surface area contributed by atoms with Gasteiger partial charge in [0.1, 0.15) is 0 Å². The van der Waals surface area contributed by atoms with Crippen LogP contribution in [-0.2, 0) is 0 Å². The molecule has 1 aromatic heterocycles. The number of fused-ring (bicyclic) bond motifs is 7. The predicted octanol–water partition coefficient (Wildman–Crippen LogP) is 13.4. The highest BCUT2D eigenvalue weighted by Crippen LogP contribution is 2.47. The van der Waals surface area contributed by atoms with E-state index in [2.05, 4.69) is 236 Å². The highest BCUT2D eigenvalue weighted by Gasteiger charge is 2.44. The smallest absolute Gasteiger partial charge is 0.252 e. The van der Waals surface area contributed by atoms with Crippen LogP contribution in [0.4, 0.5) is 34.1 Å². The first-order valence-corrected chi connectivity index (χ1v) is 21.7. The van der Waals surface area contributed by atoms with Crippen molar-refractivity contribution in [3.8, 4) is 27.9 Å². The maximum Gasteiger partial charge on any atom is 0.252 e. The molecule has 9 aromatic carbocycles. The van der Waals surface area contributed by atoms with Crippen LogP contribution >= 0.6 is 0 Å². The van der Waals surface area contributed by atoms with Gasteiger partial charge in [-0.15, -0.1) is 0 Å². The van der Waals surface area contributed by atoms with Crippen molar-refractivity contribution < 1.29 is 0 Å². The predicted molar refractivity (Wildman–Crippen MR) is 265 cm³/mol. The van der Waals surface area contributed by atoms with Gasteiger partial charge in [-0.1, -0.05) is 144 Å². The summed E-state index contributed by atoms with van der Waals surface area (Å²) in [4.78, 5) is 5.05. The monoisotopic (exact) mass is 793 g/mol. The lowest BCUT2D eigenvalue weighted by molar-refractivity contribution is 1.16. The molecule has 294 valence electrons. The lowest BCUT2D eigenvalue weighted by Gasteiger charge is -2.44. The number of aryl methyl sites for hydroxylation is 4. The molecule has 0 N–H and O–H groups in total. The number of rotatable bonds is 5. The minimum absolute atomic E-state index is 0.0438. The molecule has 2 aliphatic rings. The summed E-state index contributed by atoms with van der Waals surface area (Å²) in [6.07, 6.45) is 0. The van der Waals surface area contributed by atoms with Gasteiger partial charge in [0, 0.05) is 44.9 Å². The highest BCUT2D eigenvalue weighted by molar-refractivity contribution is 7.00. The van der Waals surface area contributed by atoms with Crippen LogP contribution in [0.3, 0.4) is 0 Å². The Bertz CT molecular complexity index is 3160. The van der Waals surface area contributed by atoms with Crippen molar-refractivity contribution in [3.63, 3.8) is 0 Å². The third kappa shape index (κ3) is 5.67. The molecule has 0 bridgehead atoms. The molecule has 0 amide bonds. The van der Waals surface area contributed by atoms with Crippen LogP contribution in [0.15, 0.2) is 194 Å². The topological polar surface area (TPSA) is 11.4 Å². The Morgan fingerprint density at radius 1 is 0.323 bits per heavy atom. The second-order valence-electron chi connectivity index (χ2n) is 17.3. The molecule has 62 heavy (non-hydrogen) atoms. The fourth-order valence-corrected chi connectivity index (χ4v) is 10.2. The molecule has 0 spiro atoms. The molecule has 4 heteroatoms. The molecule has 10 aromatic rings. The van der Waals surface area contributed by atoms with Gasteiger partial charge in [0.05, 0.1) is 16.7 Å². The van der Waals surface area contributed by atoms with Crippen molar-refractivity contribution in [3.05, 3.63) is 216 Å². The zero-order valence-corrected chi connectivity index (χ0v) is 35.4. The zero-order valence-electron chi connectivity index (χ0n) is 35.4. The van der Waals surface area contributed by atoms with E-state index in [1.165, 1.54) is 105 Å². The van der Waals surface area contributed by atoms with Crippen LogP contribution in [-0.4, -0.2) is 11.3 Å². The number of nitrogens with zero attached hydrogens (tertiary/aromatic N) is 3. The highest BCUT2D eigenvalue weighted by atomic mass is 15.2. The molecule has 0 aliphatic carbocycles. The van der Waals surface area contributed by atoms with E-state index >= 15 is 0 Å². The minimum Gasteiger partial charge on any atom is -0.311 e. The van der Waals surface area contributed by atoms with Crippen molar-refractivity contribution in [2.75, 3.05) is 9.80 Å². The standard InChI is InChI=1S/C58H44BN3/c1-37-15-23-45(24-16-37)60-54-27-19-39(3)31-50(54)59-51-32-40(4)20-28-55(51)61(46-25-17-38(2)18-26-46)57-36-47(35-56(60)58(57)59)62-52-29-21-43(41-11-7-5-8-12-41)33-48(52)49-34-44(22-30-53(49)62)42-13-9-6-10-14-42/h5-36H,1-4H3. The molecule has 0 atom stereocenters. The van der Waals surface area contributed by atoms with Gasteiger partial charge in [-0.2, -0.15) is 0 Å². The molecular formula is C58H44BN3. The van der Waals surface area contributed by atoms with Crippen LogP contribution in [0.1, 0.15) is 22.3 Å². The summed E-state index contributed by atoms with van der Waals surface area (Å²) in [6.45, 7) is 8.83. The molecule has 0 fully saturated rings. The van der Waals surface area contributed by atoms with E-state index in [-0.39, 0.29) is 6.71 Å². The molecular weight excluding hydrogens is 749 g/mol. The Kier molecular flexibility index (Phi) is 8.20. The average Bonchev–Trinajstić information content (AvgIpc) is 3.63. The van der Waals surface area contributed by atoms with E-state index in [9.17, 15) is 0 Å². The number of anilines is 6. The first-order chi connectivity index (χ1) is 30.4. The Labute approximate surface area is 363 Å². The molecule has 2 aliphatic heterocycles. The number of hydrogen-bond donors (Lipinski definition) is 0. The van der Waals surface area contributed by atoms with Crippen molar-refractivity contribution in [1.82, 2.24) is 4.57 Å². The molecule has 0 saturated carbocycles. The third-order valence-corrected chi connectivity index (χ3v) is 13.2. The van der Waals surface area contributed by atoms with Crippen LogP contribution in [0, 0.1) is 27.7 Å². The lowest BCUT2D eigenvalue weighted by atomic mass is 9.33. The maximum absolute atomic E-state index is 2.52. The molecule has 3 nitrogen and oxygen atoms in total. The van der Waals surface area contributed by atoms with Crippen LogP contribution in [0.5, 0.6) is 0 Å². The zero-order chi connectivity index (χ0) is 41.6. The van der Waals surface area contributed by atoms with Gasteiger partial charge >= 0.3 is 0 Å². The molecule has 0 radical (unpaired) electrons. The first kappa shape index (κ1) is 36.3. The minimum atomic E-state index is 0.0438. The average molecular weight is 794 g/mol. The summed E-state index contributed by atoms with van der Waals surface area (Å²) in [5, 5.41) is 2.46. The van der Waals surface area contributed by atoms with Crippen LogP contribution in [0.25, 0.3) is 49.7 Å². The summed E-state index contributed by atoms with van der Waals surface area (Å²) in [5.74, 6) is 0. The van der Waals surface area contributed by atoms with Crippen LogP contribution in [0.2, 0.25) is 0 Å². The van der Waals surface area contributed by atoms with E-state index in [4.69, 9.17) is 0 Å². The normalized spacial score (nSPS) is 12.7. The second-order valence-corrected chi connectivity index (χ2v) is 17.3. The summed E-state index contributed by atoms with van der Waals surface area (Å²) < 4.78 is 2.51. The van der Waals surface area contributed by atoms with Gasteiger partial charge in [-0.3, -0.25) is 0 Å². The number of hydrogen-bond acceptors (Lipinski definition) is 2. The molecule has 0 saturated heterocycles. The molecule has 0 unspecified atom stereocenters. The third-order valence-electron chi connectivity index (χ3n) is 13.2. The number of benzene rings is 9. The van der Waals surface area contributed by atoms with Crippen molar-refractivity contribution >= 4 is 79.0 Å². The Morgan fingerprint density at radius 2 is 0.742 bits per heavy atom. The van der Waals surface area contributed by atoms with Crippen LogP contribution < -0.4 is 26.2 Å². The fraction of sp³-hybridized carbons (Fsp3) is 0.0690. The van der Waals surface area contributed by atoms with Crippen molar-refractivity contribution in [2.45, 2.75) is 27.7 Å². The Hall–Kier alpha value is -7.56. The summed E-state index contributed by atoms with van der Waals surface area (Å²) in [5.41, 5.74) is 24.5. The van der Waals surface area contributed by atoms with E-state index in [0.717, 1.165) is 17.1 Å². The first-order valence-electron chi connectivity index (χ1n) is 21.7. The summed E-state index contributed by atoms with van der Waals surface area (Å²) in [6, 6.07) is 72.7. The van der Waals surface area contributed by atoms with E-state index in [1.54, 1.807) is 0 Å². The van der Waals surface area contributed by atoms with Gasteiger partial charge < -0.3 is 14.4 Å². The van der Waals surface area contributed by atoms with Crippen molar-refractivity contribution in [1.29, 1.82) is 0 Å². The summed E-state index contributed by atoms with van der Waals surface area (Å²) in [7, 11) is 0. The lowest BCUT2D eigenvalue weighted by Crippen LogP contribution is -2.61.